The molecule has 7 nitrogen and oxygen atoms in total. The topological polar surface area (TPSA) is 86.8 Å². The Kier molecular flexibility index (Phi) is 11.1. The summed E-state index contributed by atoms with van der Waals surface area (Å²) in [7, 11) is -4.21. The molecule has 0 saturated heterocycles. The molecule has 2 amide bonds. The summed E-state index contributed by atoms with van der Waals surface area (Å²) >= 11 is 0. The van der Waals surface area contributed by atoms with Crippen LogP contribution in [-0.2, 0) is 32.6 Å². The lowest BCUT2D eigenvalue weighted by molar-refractivity contribution is -0.140. The Morgan fingerprint density at radius 1 is 0.830 bits per heavy atom. The Hall–Kier alpha value is -4.50. The number of hydrogen-bond acceptors (Lipinski definition) is 4. The zero-order valence-corrected chi connectivity index (χ0v) is 27.7. The van der Waals surface area contributed by atoms with E-state index in [1.165, 1.54) is 23.1 Å². The van der Waals surface area contributed by atoms with E-state index in [1.807, 2.05) is 56.3 Å². The Bertz CT molecular complexity index is 1740. The number of halogens is 1. The fraction of sp³-hybridized carbons (Fsp3) is 0.316. The van der Waals surface area contributed by atoms with Crippen LogP contribution < -0.4 is 9.62 Å². The van der Waals surface area contributed by atoms with Gasteiger partial charge in [0.15, 0.2) is 0 Å². The maximum atomic E-state index is 15.1. The summed E-state index contributed by atoms with van der Waals surface area (Å²) in [5, 5.41) is 3.13. The molecule has 1 unspecified atom stereocenters. The average Bonchev–Trinajstić information content (AvgIpc) is 3.60. The van der Waals surface area contributed by atoms with Gasteiger partial charge in [0.2, 0.25) is 11.8 Å². The second-order valence-electron chi connectivity index (χ2n) is 12.4. The van der Waals surface area contributed by atoms with Crippen LogP contribution in [0.4, 0.5) is 10.1 Å². The van der Waals surface area contributed by atoms with Crippen molar-refractivity contribution in [2.24, 2.45) is 0 Å². The molecule has 4 aromatic carbocycles. The summed E-state index contributed by atoms with van der Waals surface area (Å²) < 4.78 is 44.5. The Morgan fingerprint density at radius 3 is 2.04 bits per heavy atom. The highest BCUT2D eigenvalue weighted by Gasteiger charge is 2.36. The van der Waals surface area contributed by atoms with Crippen LogP contribution >= 0.6 is 0 Å². The molecule has 1 saturated carbocycles. The first-order valence-electron chi connectivity index (χ1n) is 16.2. The predicted molar refractivity (Wildman–Crippen MR) is 183 cm³/mol. The zero-order valence-electron chi connectivity index (χ0n) is 26.9. The van der Waals surface area contributed by atoms with Crippen molar-refractivity contribution in [2.45, 2.75) is 75.4 Å². The lowest BCUT2D eigenvalue weighted by Crippen LogP contribution is -2.54. The first-order valence-corrected chi connectivity index (χ1v) is 17.6. The van der Waals surface area contributed by atoms with Crippen LogP contribution in [-0.4, -0.2) is 43.8 Å². The van der Waals surface area contributed by atoms with Crippen molar-refractivity contribution in [1.82, 2.24) is 10.2 Å². The Balaban J connectivity index is 1.57. The molecule has 1 atom stereocenters. The van der Waals surface area contributed by atoms with Crippen LogP contribution in [0, 0.1) is 5.82 Å². The molecular formula is C38H42FN3O4S. The molecule has 0 aromatic heterocycles. The van der Waals surface area contributed by atoms with Gasteiger partial charge in [0, 0.05) is 24.6 Å². The van der Waals surface area contributed by atoms with E-state index in [0.29, 0.717) is 5.69 Å². The van der Waals surface area contributed by atoms with Gasteiger partial charge in [0.05, 0.1) is 10.6 Å². The molecule has 1 fully saturated rings. The standard InChI is InChI=1S/C38H42FN3O4S/c1-28(2)30-21-23-33(24-22-30)42(47(45,46)34-18-7-4-8-19-34)27-37(43)41(26-31-15-9-12-20-35(31)39)36(25-29-13-5-3-6-14-29)38(44)40-32-16-10-11-17-32/h3-9,12-15,18-24,28,32,36H,10-11,16-17,25-27H2,1-2H3,(H,40,44). The third-order valence-corrected chi connectivity index (χ3v) is 10.5. The minimum absolute atomic E-state index is 0.0133. The van der Waals surface area contributed by atoms with E-state index in [2.05, 4.69) is 5.32 Å². The molecule has 4 aromatic rings. The second kappa shape index (κ2) is 15.4. The SMILES string of the molecule is CC(C)c1ccc(N(CC(=O)N(Cc2ccccc2F)C(Cc2ccccc2)C(=O)NC2CCCC2)S(=O)(=O)c2ccccc2)cc1. The van der Waals surface area contributed by atoms with Gasteiger partial charge in [-0.05, 0) is 60.2 Å². The first kappa shape index (κ1) is 33.9. The molecule has 5 rings (SSSR count). The van der Waals surface area contributed by atoms with E-state index in [4.69, 9.17) is 0 Å². The van der Waals surface area contributed by atoms with Gasteiger partial charge in [0.25, 0.3) is 10.0 Å². The fourth-order valence-electron chi connectivity index (χ4n) is 6.01. The van der Waals surface area contributed by atoms with Gasteiger partial charge in [-0.2, -0.15) is 0 Å². The highest BCUT2D eigenvalue weighted by Crippen LogP contribution is 2.27. The van der Waals surface area contributed by atoms with Gasteiger partial charge in [-0.25, -0.2) is 12.8 Å². The molecule has 0 radical (unpaired) electrons. The molecule has 1 N–H and O–H groups in total. The van der Waals surface area contributed by atoms with Crippen LogP contribution in [0.15, 0.2) is 114 Å². The summed E-state index contributed by atoms with van der Waals surface area (Å²) in [6, 6.07) is 29.5. The third-order valence-electron chi connectivity index (χ3n) is 8.73. The summed E-state index contributed by atoms with van der Waals surface area (Å²) in [4.78, 5) is 30.0. The predicted octanol–water partition coefficient (Wildman–Crippen LogP) is 6.84. The van der Waals surface area contributed by atoms with E-state index < -0.39 is 34.3 Å². The zero-order chi connectivity index (χ0) is 33.4. The summed E-state index contributed by atoms with van der Waals surface area (Å²) in [6.07, 6.45) is 3.89. The third kappa shape index (κ3) is 8.46. The molecule has 246 valence electrons. The van der Waals surface area contributed by atoms with Crippen LogP contribution in [0.25, 0.3) is 0 Å². The number of rotatable bonds is 13. The van der Waals surface area contributed by atoms with Crippen molar-refractivity contribution < 1.29 is 22.4 Å². The highest BCUT2D eigenvalue weighted by atomic mass is 32.2. The van der Waals surface area contributed by atoms with Gasteiger partial charge in [-0.1, -0.05) is 106 Å². The normalized spacial score (nSPS) is 14.1. The van der Waals surface area contributed by atoms with Crippen molar-refractivity contribution in [2.75, 3.05) is 10.8 Å². The lowest BCUT2D eigenvalue weighted by Gasteiger charge is -2.34. The van der Waals surface area contributed by atoms with Crippen LogP contribution in [0.3, 0.4) is 0 Å². The number of hydrogen-bond donors (Lipinski definition) is 1. The van der Waals surface area contributed by atoms with Gasteiger partial charge in [0.1, 0.15) is 18.4 Å². The van der Waals surface area contributed by atoms with Crippen LogP contribution in [0.5, 0.6) is 0 Å². The smallest absolute Gasteiger partial charge is 0.264 e. The maximum Gasteiger partial charge on any atom is 0.264 e. The quantitative estimate of drug-likeness (QED) is 0.171. The monoisotopic (exact) mass is 655 g/mol. The van der Waals surface area contributed by atoms with Crippen molar-refractivity contribution >= 4 is 27.5 Å². The van der Waals surface area contributed by atoms with Crippen molar-refractivity contribution in [3.8, 4) is 0 Å². The average molecular weight is 656 g/mol. The molecule has 1 aliphatic carbocycles. The van der Waals surface area contributed by atoms with Crippen LogP contribution in [0.1, 0.15) is 62.1 Å². The van der Waals surface area contributed by atoms with Gasteiger partial charge < -0.3 is 10.2 Å². The van der Waals surface area contributed by atoms with E-state index in [0.717, 1.165) is 41.1 Å². The second-order valence-corrected chi connectivity index (χ2v) is 14.2. The van der Waals surface area contributed by atoms with Gasteiger partial charge in [-0.15, -0.1) is 0 Å². The van der Waals surface area contributed by atoms with E-state index in [-0.39, 0.29) is 41.3 Å². The van der Waals surface area contributed by atoms with Gasteiger partial charge in [-0.3, -0.25) is 13.9 Å². The van der Waals surface area contributed by atoms with E-state index in [1.54, 1.807) is 48.5 Å². The number of carbonyl (C=O) groups is 2. The largest absolute Gasteiger partial charge is 0.352 e. The summed E-state index contributed by atoms with van der Waals surface area (Å²) in [5.41, 5.74) is 2.38. The fourth-order valence-corrected chi connectivity index (χ4v) is 7.44. The molecule has 0 aliphatic heterocycles. The molecule has 0 spiro atoms. The van der Waals surface area contributed by atoms with E-state index in [9.17, 15) is 18.0 Å². The Morgan fingerprint density at radius 2 is 1.43 bits per heavy atom. The van der Waals surface area contributed by atoms with Crippen LogP contribution in [0.2, 0.25) is 0 Å². The molecular weight excluding hydrogens is 614 g/mol. The molecule has 1 aliphatic rings. The molecule has 0 heterocycles. The number of anilines is 1. The molecule has 47 heavy (non-hydrogen) atoms. The highest BCUT2D eigenvalue weighted by molar-refractivity contribution is 7.92. The number of amides is 2. The first-order chi connectivity index (χ1) is 22.6. The number of nitrogens with one attached hydrogen (secondary N) is 1. The maximum absolute atomic E-state index is 15.1. The van der Waals surface area contributed by atoms with E-state index >= 15 is 4.39 Å². The minimum Gasteiger partial charge on any atom is -0.352 e. The molecule has 9 heteroatoms. The number of carbonyl (C=O) groups excluding carboxylic acids is 2. The lowest BCUT2D eigenvalue weighted by atomic mass is 10.0. The van der Waals surface area contributed by atoms with Gasteiger partial charge >= 0.3 is 0 Å². The molecule has 0 bridgehead atoms. The van der Waals surface area contributed by atoms with Crippen molar-refractivity contribution in [1.29, 1.82) is 0 Å². The Labute approximate surface area is 277 Å². The number of nitrogens with zero attached hydrogens (tertiary/aromatic N) is 2. The van der Waals surface area contributed by atoms with Crippen molar-refractivity contribution in [3.63, 3.8) is 0 Å². The van der Waals surface area contributed by atoms with Crippen molar-refractivity contribution in [3.05, 3.63) is 132 Å². The summed E-state index contributed by atoms with van der Waals surface area (Å²) in [6.45, 7) is 3.28. The number of sulfonamides is 1. The summed E-state index contributed by atoms with van der Waals surface area (Å²) in [5.74, 6) is -1.26. The minimum atomic E-state index is -4.21. The number of benzene rings is 4.